The molecule has 3 rings (SSSR count). The maximum Gasteiger partial charge on any atom is 0.272 e. The number of anilines is 1. The molecule has 0 unspecified atom stereocenters. The van der Waals surface area contributed by atoms with Crippen molar-refractivity contribution in [2.75, 3.05) is 4.72 Å². The number of H-pyrrole nitrogens is 1. The van der Waals surface area contributed by atoms with Crippen LogP contribution in [0.5, 0.6) is 0 Å². The zero-order valence-corrected chi connectivity index (χ0v) is 15.2. The molecule has 0 aliphatic rings. The predicted molar refractivity (Wildman–Crippen MR) is 98.5 cm³/mol. The quantitative estimate of drug-likeness (QED) is 0.596. The van der Waals surface area contributed by atoms with Gasteiger partial charge in [0.05, 0.1) is 0 Å². The molecule has 2 aromatic heterocycles. The molecule has 0 aliphatic heterocycles. The summed E-state index contributed by atoms with van der Waals surface area (Å²) in [6.45, 7) is 0.272. The molecular formula is C16H14ClN3O3S2. The van der Waals surface area contributed by atoms with E-state index in [1.165, 1.54) is 18.2 Å². The van der Waals surface area contributed by atoms with Crippen LogP contribution in [0.4, 0.5) is 5.82 Å². The van der Waals surface area contributed by atoms with Crippen molar-refractivity contribution in [1.82, 2.24) is 10.3 Å². The Labute approximate surface area is 153 Å². The maximum atomic E-state index is 12.2. The van der Waals surface area contributed by atoms with Gasteiger partial charge >= 0.3 is 0 Å². The van der Waals surface area contributed by atoms with E-state index in [0.717, 1.165) is 16.9 Å². The van der Waals surface area contributed by atoms with Crippen LogP contribution >= 0.6 is 22.9 Å². The number of nitrogens with one attached hydrogen (secondary N) is 3. The van der Waals surface area contributed by atoms with Gasteiger partial charge < -0.3 is 10.3 Å². The first kappa shape index (κ1) is 17.5. The summed E-state index contributed by atoms with van der Waals surface area (Å²) < 4.78 is 26.9. The van der Waals surface area contributed by atoms with Crippen molar-refractivity contribution in [3.8, 4) is 0 Å². The molecule has 3 N–H and O–H groups in total. The minimum atomic E-state index is -3.66. The van der Waals surface area contributed by atoms with Crippen molar-refractivity contribution in [3.05, 3.63) is 70.2 Å². The highest BCUT2D eigenvalue weighted by molar-refractivity contribution is 7.94. The SMILES string of the molecule is O=C(NCc1ccccc1Cl)c1ccc(NS(=O)(=O)c2cccs2)[nH]1. The van der Waals surface area contributed by atoms with Crippen molar-refractivity contribution in [1.29, 1.82) is 0 Å². The van der Waals surface area contributed by atoms with Gasteiger partial charge in [-0.1, -0.05) is 35.9 Å². The highest BCUT2D eigenvalue weighted by Crippen LogP contribution is 2.20. The Hall–Kier alpha value is -2.29. The number of benzene rings is 1. The van der Waals surface area contributed by atoms with E-state index in [9.17, 15) is 13.2 Å². The van der Waals surface area contributed by atoms with Gasteiger partial charge in [0.2, 0.25) is 0 Å². The number of carbonyl (C=O) groups excluding carboxylic acids is 1. The first-order valence-electron chi connectivity index (χ1n) is 7.22. The molecule has 0 bridgehead atoms. The number of carbonyl (C=O) groups is 1. The fraction of sp³-hybridized carbons (Fsp3) is 0.0625. The molecular weight excluding hydrogens is 382 g/mol. The fourth-order valence-electron chi connectivity index (χ4n) is 2.11. The highest BCUT2D eigenvalue weighted by Gasteiger charge is 2.17. The van der Waals surface area contributed by atoms with Crippen molar-refractivity contribution in [2.24, 2.45) is 0 Å². The molecule has 0 saturated carbocycles. The van der Waals surface area contributed by atoms with E-state index in [1.807, 2.05) is 18.2 Å². The number of aromatic amines is 1. The second-order valence-corrected chi connectivity index (χ2v) is 8.36. The molecule has 0 radical (unpaired) electrons. The molecule has 1 amide bonds. The van der Waals surface area contributed by atoms with Gasteiger partial charge in [-0.05, 0) is 35.2 Å². The van der Waals surface area contributed by atoms with Crippen LogP contribution in [-0.2, 0) is 16.6 Å². The molecule has 0 fully saturated rings. The Bertz CT molecular complexity index is 982. The van der Waals surface area contributed by atoms with Crippen LogP contribution < -0.4 is 10.0 Å². The predicted octanol–water partition coefficient (Wildman–Crippen LogP) is 3.46. The van der Waals surface area contributed by atoms with E-state index in [4.69, 9.17) is 11.6 Å². The zero-order valence-electron chi connectivity index (χ0n) is 12.8. The summed E-state index contributed by atoms with van der Waals surface area (Å²) in [4.78, 5) is 14.9. The van der Waals surface area contributed by atoms with E-state index < -0.39 is 10.0 Å². The second-order valence-electron chi connectivity index (χ2n) is 5.10. The van der Waals surface area contributed by atoms with Crippen molar-refractivity contribution < 1.29 is 13.2 Å². The Morgan fingerprint density at radius 3 is 2.64 bits per heavy atom. The van der Waals surface area contributed by atoms with Crippen molar-refractivity contribution in [2.45, 2.75) is 10.8 Å². The first-order valence-corrected chi connectivity index (χ1v) is 9.97. The lowest BCUT2D eigenvalue weighted by Gasteiger charge is -2.06. The smallest absolute Gasteiger partial charge is 0.272 e. The Morgan fingerprint density at radius 1 is 1.12 bits per heavy atom. The third kappa shape index (κ3) is 4.22. The molecule has 2 heterocycles. The third-order valence-electron chi connectivity index (χ3n) is 3.33. The minimum absolute atomic E-state index is 0.201. The van der Waals surface area contributed by atoms with E-state index in [0.29, 0.717) is 5.02 Å². The van der Waals surface area contributed by atoms with E-state index in [-0.39, 0.29) is 28.2 Å². The number of hydrogen-bond acceptors (Lipinski definition) is 4. The van der Waals surface area contributed by atoms with Gasteiger partial charge in [0.1, 0.15) is 15.7 Å². The van der Waals surface area contributed by atoms with E-state index in [2.05, 4.69) is 15.0 Å². The van der Waals surface area contributed by atoms with Crippen LogP contribution in [-0.4, -0.2) is 19.3 Å². The largest absolute Gasteiger partial charge is 0.347 e. The fourth-order valence-corrected chi connectivity index (χ4v) is 4.33. The summed E-state index contributed by atoms with van der Waals surface area (Å²) in [5, 5.41) is 4.98. The standard InChI is InChI=1S/C16H14ClN3O3S2/c17-12-5-2-1-4-11(12)10-18-16(21)13-7-8-14(19-13)20-25(22,23)15-6-3-9-24-15/h1-9,19-20H,10H2,(H,18,21). The van der Waals surface area contributed by atoms with E-state index in [1.54, 1.807) is 17.5 Å². The first-order chi connectivity index (χ1) is 12.0. The average molecular weight is 396 g/mol. The molecule has 0 aliphatic carbocycles. The normalized spacial score (nSPS) is 11.2. The molecule has 3 aromatic rings. The van der Waals surface area contributed by atoms with Gasteiger partial charge in [0, 0.05) is 11.6 Å². The Balaban J connectivity index is 1.65. The topological polar surface area (TPSA) is 91.1 Å². The number of amides is 1. The van der Waals surface area contributed by atoms with Crippen LogP contribution in [0.15, 0.2) is 58.1 Å². The number of aromatic nitrogens is 1. The maximum absolute atomic E-state index is 12.2. The lowest BCUT2D eigenvalue weighted by atomic mass is 10.2. The van der Waals surface area contributed by atoms with E-state index >= 15 is 0 Å². The lowest BCUT2D eigenvalue weighted by molar-refractivity contribution is 0.0946. The summed E-state index contributed by atoms with van der Waals surface area (Å²) in [6, 6.07) is 13.4. The Morgan fingerprint density at radius 2 is 1.92 bits per heavy atom. The second kappa shape index (κ2) is 7.30. The van der Waals surface area contributed by atoms with Crippen molar-refractivity contribution in [3.63, 3.8) is 0 Å². The van der Waals surface area contributed by atoms with Gasteiger partial charge in [-0.2, -0.15) is 0 Å². The summed E-state index contributed by atoms with van der Waals surface area (Å²) in [7, 11) is -3.66. The average Bonchev–Trinajstić information content (AvgIpc) is 3.25. The number of thiophene rings is 1. The van der Waals surface area contributed by atoms with Gasteiger partial charge in [0.15, 0.2) is 0 Å². The van der Waals surface area contributed by atoms with Crippen LogP contribution in [0.25, 0.3) is 0 Å². The molecule has 0 spiro atoms. The Kier molecular flexibility index (Phi) is 5.12. The molecule has 6 nitrogen and oxygen atoms in total. The minimum Gasteiger partial charge on any atom is -0.347 e. The van der Waals surface area contributed by atoms with Crippen molar-refractivity contribution >= 4 is 44.7 Å². The summed E-state index contributed by atoms with van der Waals surface area (Å²) in [5.41, 5.74) is 1.04. The summed E-state index contributed by atoms with van der Waals surface area (Å²) in [6.07, 6.45) is 0. The van der Waals surface area contributed by atoms with Gasteiger partial charge in [-0.25, -0.2) is 8.42 Å². The number of rotatable bonds is 6. The lowest BCUT2D eigenvalue weighted by Crippen LogP contribution is -2.23. The van der Waals surface area contributed by atoms with Gasteiger partial charge in [-0.15, -0.1) is 11.3 Å². The zero-order chi connectivity index (χ0) is 17.9. The molecule has 0 atom stereocenters. The molecule has 25 heavy (non-hydrogen) atoms. The summed E-state index contributed by atoms with van der Waals surface area (Å²) in [5.74, 6) is -0.141. The van der Waals surface area contributed by atoms with Gasteiger partial charge in [0.25, 0.3) is 15.9 Å². The number of sulfonamides is 1. The molecule has 1 aromatic carbocycles. The highest BCUT2D eigenvalue weighted by atomic mass is 35.5. The number of hydrogen-bond donors (Lipinski definition) is 3. The summed E-state index contributed by atoms with van der Waals surface area (Å²) >= 11 is 7.16. The monoisotopic (exact) mass is 395 g/mol. The molecule has 0 saturated heterocycles. The van der Waals surface area contributed by atoms with Crippen LogP contribution in [0, 0.1) is 0 Å². The molecule has 130 valence electrons. The third-order valence-corrected chi connectivity index (χ3v) is 6.46. The molecule has 9 heteroatoms. The van der Waals surface area contributed by atoms with Crippen LogP contribution in [0.1, 0.15) is 16.1 Å². The van der Waals surface area contributed by atoms with Gasteiger partial charge in [-0.3, -0.25) is 9.52 Å². The van der Waals surface area contributed by atoms with Crippen LogP contribution in [0.3, 0.4) is 0 Å². The number of halogens is 1. The van der Waals surface area contributed by atoms with Crippen LogP contribution in [0.2, 0.25) is 5.02 Å².